The maximum Gasteiger partial charge on any atom is 0.0297 e. The molecule has 1 aromatic carbocycles. The van der Waals surface area contributed by atoms with E-state index in [-0.39, 0.29) is 11.5 Å². The second-order valence-corrected chi connectivity index (χ2v) is 8.33. The summed E-state index contributed by atoms with van der Waals surface area (Å²) < 4.78 is 0. The molecule has 0 amide bonds. The quantitative estimate of drug-likeness (QED) is 0.275. The Morgan fingerprint density at radius 2 is 1.18 bits per heavy atom. The summed E-state index contributed by atoms with van der Waals surface area (Å²) in [6.45, 7) is 6.80. The highest BCUT2D eigenvalue weighted by atomic mass is 16.0. The minimum absolute atomic E-state index is 0. The monoisotopic (exact) mass is 391 g/mol. The molecule has 1 unspecified atom stereocenters. The van der Waals surface area contributed by atoms with Crippen LogP contribution < -0.4 is 5.73 Å². The normalized spacial score (nSPS) is 12.0. The molecule has 0 fully saturated rings. The molecular formula is C26H49NO. The fraction of sp³-hybridized carbons (Fsp3) is 0.769. The van der Waals surface area contributed by atoms with Crippen molar-refractivity contribution in [2.75, 3.05) is 0 Å². The number of rotatable bonds is 17. The molecule has 0 aromatic heterocycles. The minimum Gasteiger partial charge on any atom is -0.412 e. The van der Waals surface area contributed by atoms with Crippen molar-refractivity contribution in [3.8, 4) is 0 Å². The van der Waals surface area contributed by atoms with E-state index in [1.54, 1.807) is 0 Å². The lowest BCUT2D eigenvalue weighted by atomic mass is 9.91. The van der Waals surface area contributed by atoms with Crippen LogP contribution in [0.1, 0.15) is 133 Å². The van der Waals surface area contributed by atoms with Gasteiger partial charge in [-0.1, -0.05) is 122 Å². The highest BCUT2D eigenvalue weighted by Gasteiger charge is 2.12. The van der Waals surface area contributed by atoms with Gasteiger partial charge in [-0.3, -0.25) is 0 Å². The molecule has 0 saturated carbocycles. The predicted molar refractivity (Wildman–Crippen MR) is 126 cm³/mol. The number of nitrogens with two attached hydrogens (primary N) is 1. The van der Waals surface area contributed by atoms with Gasteiger partial charge in [-0.15, -0.1) is 0 Å². The molecule has 28 heavy (non-hydrogen) atoms. The Balaban J connectivity index is 0.00000729. The van der Waals surface area contributed by atoms with E-state index >= 15 is 0 Å². The average molecular weight is 392 g/mol. The van der Waals surface area contributed by atoms with Gasteiger partial charge in [0.2, 0.25) is 0 Å². The SMILES string of the molecule is CCCCCCCCCCCCCCCC(N)c1cccc(CC)c1CC.O. The zero-order valence-corrected chi connectivity index (χ0v) is 19.2. The Labute approximate surface area is 176 Å². The lowest BCUT2D eigenvalue weighted by Crippen LogP contribution is -2.13. The van der Waals surface area contributed by atoms with Gasteiger partial charge >= 0.3 is 0 Å². The van der Waals surface area contributed by atoms with Crippen LogP contribution in [0.4, 0.5) is 0 Å². The first kappa shape index (κ1) is 27.1. The van der Waals surface area contributed by atoms with Crippen LogP contribution in [0.15, 0.2) is 18.2 Å². The Morgan fingerprint density at radius 3 is 1.64 bits per heavy atom. The fourth-order valence-corrected chi connectivity index (χ4v) is 4.30. The molecule has 0 bridgehead atoms. The van der Waals surface area contributed by atoms with Gasteiger partial charge in [0.05, 0.1) is 0 Å². The van der Waals surface area contributed by atoms with Crippen molar-refractivity contribution in [3.63, 3.8) is 0 Å². The minimum atomic E-state index is 0. The van der Waals surface area contributed by atoms with Gasteiger partial charge in [0.25, 0.3) is 0 Å². The van der Waals surface area contributed by atoms with Crippen LogP contribution >= 0.6 is 0 Å². The summed E-state index contributed by atoms with van der Waals surface area (Å²) >= 11 is 0. The molecular weight excluding hydrogens is 342 g/mol. The van der Waals surface area contributed by atoms with Gasteiger partial charge in [-0.25, -0.2) is 0 Å². The Morgan fingerprint density at radius 1 is 0.679 bits per heavy atom. The highest BCUT2D eigenvalue weighted by Crippen LogP contribution is 2.25. The van der Waals surface area contributed by atoms with Gasteiger partial charge in [-0.2, -0.15) is 0 Å². The van der Waals surface area contributed by atoms with Gasteiger partial charge in [0.1, 0.15) is 0 Å². The van der Waals surface area contributed by atoms with Gasteiger partial charge in [0, 0.05) is 6.04 Å². The fourth-order valence-electron chi connectivity index (χ4n) is 4.30. The molecule has 1 rings (SSSR count). The van der Waals surface area contributed by atoms with E-state index in [1.165, 1.54) is 100 Å². The molecule has 4 N–H and O–H groups in total. The number of aryl methyl sites for hydroxylation is 1. The second kappa shape index (κ2) is 18.2. The predicted octanol–water partition coefficient (Wildman–Crippen LogP) is 7.47. The number of benzene rings is 1. The highest BCUT2D eigenvalue weighted by molar-refractivity contribution is 5.37. The second-order valence-electron chi connectivity index (χ2n) is 8.33. The molecule has 0 aliphatic carbocycles. The maximum atomic E-state index is 6.53. The molecule has 1 aromatic rings. The first-order chi connectivity index (χ1) is 13.2. The molecule has 0 aliphatic rings. The average Bonchev–Trinajstić information content (AvgIpc) is 2.70. The standard InChI is InChI=1S/C26H47N.H2O/c1-4-7-8-9-10-11-12-13-14-15-16-17-18-22-26(27)25-21-19-20-23(5-2)24(25)6-3;/h19-21,26H,4-18,22,27H2,1-3H3;1H2. The van der Waals surface area contributed by atoms with E-state index < -0.39 is 0 Å². The largest absolute Gasteiger partial charge is 0.412 e. The van der Waals surface area contributed by atoms with Crippen molar-refractivity contribution in [2.24, 2.45) is 5.73 Å². The zero-order chi connectivity index (χ0) is 19.7. The van der Waals surface area contributed by atoms with Crippen molar-refractivity contribution in [1.82, 2.24) is 0 Å². The lowest BCUT2D eigenvalue weighted by molar-refractivity contribution is 0.521. The van der Waals surface area contributed by atoms with E-state index in [0.717, 1.165) is 19.3 Å². The Kier molecular flexibility index (Phi) is 17.6. The van der Waals surface area contributed by atoms with Crippen molar-refractivity contribution in [1.29, 1.82) is 0 Å². The van der Waals surface area contributed by atoms with Crippen LogP contribution in [0, 0.1) is 0 Å². The van der Waals surface area contributed by atoms with E-state index in [9.17, 15) is 0 Å². The van der Waals surface area contributed by atoms with E-state index in [4.69, 9.17) is 5.73 Å². The molecule has 0 saturated heterocycles. The topological polar surface area (TPSA) is 57.5 Å². The summed E-state index contributed by atoms with van der Waals surface area (Å²) in [5.41, 5.74) is 10.9. The zero-order valence-electron chi connectivity index (χ0n) is 19.2. The van der Waals surface area contributed by atoms with E-state index in [2.05, 4.69) is 39.0 Å². The summed E-state index contributed by atoms with van der Waals surface area (Å²) in [4.78, 5) is 0. The van der Waals surface area contributed by atoms with Crippen LogP contribution in [-0.4, -0.2) is 5.48 Å². The summed E-state index contributed by atoms with van der Waals surface area (Å²) in [5, 5.41) is 0. The Hall–Kier alpha value is -0.860. The molecule has 2 nitrogen and oxygen atoms in total. The molecule has 0 spiro atoms. The smallest absolute Gasteiger partial charge is 0.0297 e. The number of hydrogen-bond donors (Lipinski definition) is 1. The molecule has 0 aliphatic heterocycles. The van der Waals surface area contributed by atoms with Crippen molar-refractivity contribution in [3.05, 3.63) is 34.9 Å². The van der Waals surface area contributed by atoms with Crippen LogP contribution in [0.3, 0.4) is 0 Å². The third-order valence-corrected chi connectivity index (χ3v) is 6.06. The van der Waals surface area contributed by atoms with E-state index in [1.807, 2.05) is 0 Å². The van der Waals surface area contributed by atoms with Crippen LogP contribution in [0.25, 0.3) is 0 Å². The number of hydrogen-bond acceptors (Lipinski definition) is 1. The van der Waals surface area contributed by atoms with Gasteiger partial charge in [-0.05, 0) is 36.0 Å². The third-order valence-electron chi connectivity index (χ3n) is 6.06. The summed E-state index contributed by atoms with van der Waals surface area (Å²) in [5.74, 6) is 0. The molecule has 2 heteroatoms. The summed E-state index contributed by atoms with van der Waals surface area (Å²) in [7, 11) is 0. The maximum absolute atomic E-state index is 6.53. The molecule has 0 radical (unpaired) electrons. The molecule has 164 valence electrons. The van der Waals surface area contributed by atoms with Crippen LogP contribution in [0.2, 0.25) is 0 Å². The molecule has 0 heterocycles. The Bertz CT molecular complexity index is 472. The summed E-state index contributed by atoms with van der Waals surface area (Å²) in [6.07, 6.45) is 21.7. The van der Waals surface area contributed by atoms with Crippen molar-refractivity contribution in [2.45, 2.75) is 130 Å². The number of unbranched alkanes of at least 4 members (excludes halogenated alkanes) is 12. The first-order valence-corrected chi connectivity index (χ1v) is 12.1. The van der Waals surface area contributed by atoms with Crippen LogP contribution in [-0.2, 0) is 12.8 Å². The summed E-state index contributed by atoms with van der Waals surface area (Å²) in [6, 6.07) is 6.93. The van der Waals surface area contributed by atoms with Gasteiger partial charge in [0.15, 0.2) is 0 Å². The van der Waals surface area contributed by atoms with E-state index in [0.29, 0.717) is 0 Å². The van der Waals surface area contributed by atoms with Crippen LogP contribution in [0.5, 0.6) is 0 Å². The van der Waals surface area contributed by atoms with Crippen molar-refractivity contribution < 1.29 is 5.48 Å². The van der Waals surface area contributed by atoms with Gasteiger partial charge < -0.3 is 11.2 Å². The molecule has 1 atom stereocenters. The van der Waals surface area contributed by atoms with Crippen molar-refractivity contribution >= 4 is 0 Å². The first-order valence-electron chi connectivity index (χ1n) is 12.1. The third kappa shape index (κ3) is 11.2. The lowest BCUT2D eigenvalue weighted by Gasteiger charge is -2.18.